The second-order valence-corrected chi connectivity index (χ2v) is 8.75. The first kappa shape index (κ1) is 18.3. The number of hydrogen-bond donors (Lipinski definition) is 1. The highest BCUT2D eigenvalue weighted by molar-refractivity contribution is 7.20. The molecule has 2 aromatic carbocycles. The normalized spacial score (nSPS) is 21.6. The Kier molecular flexibility index (Phi) is 4.60. The number of para-hydroxylation sites is 1. The van der Waals surface area contributed by atoms with Gasteiger partial charge in [-0.3, -0.25) is 4.90 Å². The monoisotopic (exact) mass is 412 g/mol. The summed E-state index contributed by atoms with van der Waals surface area (Å²) in [6.45, 7) is 3.67. The Morgan fingerprint density at radius 1 is 1.17 bits per heavy atom. The molecular formula is C21H21FN4O2S. The van der Waals surface area contributed by atoms with Gasteiger partial charge < -0.3 is 15.4 Å². The Hall–Kier alpha value is -2.71. The molecule has 3 heterocycles. The Morgan fingerprint density at radius 2 is 1.93 bits per heavy atom. The highest BCUT2D eigenvalue weighted by atomic mass is 32.1. The molecule has 2 aliphatic heterocycles. The zero-order valence-electron chi connectivity index (χ0n) is 15.8. The van der Waals surface area contributed by atoms with E-state index in [0.717, 1.165) is 23.3 Å². The van der Waals surface area contributed by atoms with Crippen molar-refractivity contribution in [1.29, 1.82) is 0 Å². The second kappa shape index (κ2) is 7.27. The fraction of sp³-hybridized carbons (Fsp3) is 0.333. The van der Waals surface area contributed by atoms with Crippen LogP contribution in [-0.2, 0) is 6.54 Å². The van der Waals surface area contributed by atoms with Gasteiger partial charge in [0.05, 0.1) is 10.2 Å². The average Bonchev–Trinajstić information content (AvgIpc) is 3.36. The number of likely N-dealkylation sites (tertiary alicyclic amines) is 2. The number of halogens is 1. The van der Waals surface area contributed by atoms with Gasteiger partial charge in [-0.25, -0.2) is 14.2 Å². The molecule has 1 aromatic heterocycles. The van der Waals surface area contributed by atoms with Crippen molar-refractivity contribution in [3.05, 3.63) is 53.8 Å². The van der Waals surface area contributed by atoms with Crippen molar-refractivity contribution in [3.8, 4) is 10.9 Å². The van der Waals surface area contributed by atoms with E-state index in [2.05, 4.69) is 9.88 Å². The molecule has 2 atom stereocenters. The molecule has 2 saturated heterocycles. The van der Waals surface area contributed by atoms with Gasteiger partial charge >= 0.3 is 6.03 Å². The lowest BCUT2D eigenvalue weighted by Crippen LogP contribution is -2.36. The summed E-state index contributed by atoms with van der Waals surface area (Å²) in [5.41, 5.74) is 6.90. The quantitative estimate of drug-likeness (QED) is 0.710. The van der Waals surface area contributed by atoms with Crippen molar-refractivity contribution in [3.63, 3.8) is 0 Å². The van der Waals surface area contributed by atoms with Gasteiger partial charge in [-0.2, -0.15) is 0 Å². The summed E-state index contributed by atoms with van der Waals surface area (Å²) in [5, 5.41) is 0.504. The number of nitrogens with two attached hydrogens (primary N) is 1. The van der Waals surface area contributed by atoms with Crippen LogP contribution in [0.3, 0.4) is 0 Å². The van der Waals surface area contributed by atoms with Crippen LogP contribution in [0, 0.1) is 17.7 Å². The van der Waals surface area contributed by atoms with Gasteiger partial charge in [0, 0.05) is 44.4 Å². The van der Waals surface area contributed by atoms with Gasteiger partial charge in [0.25, 0.3) is 5.19 Å². The Morgan fingerprint density at radius 3 is 2.62 bits per heavy atom. The van der Waals surface area contributed by atoms with E-state index in [0.29, 0.717) is 48.0 Å². The van der Waals surface area contributed by atoms with Crippen molar-refractivity contribution in [2.24, 2.45) is 17.6 Å². The molecule has 5 rings (SSSR count). The number of nitrogens with zero attached hydrogens (tertiary/aromatic N) is 3. The number of ether oxygens (including phenoxy) is 1. The van der Waals surface area contributed by atoms with Gasteiger partial charge in [0.1, 0.15) is 11.6 Å². The molecule has 0 spiro atoms. The van der Waals surface area contributed by atoms with Crippen molar-refractivity contribution in [1.82, 2.24) is 14.8 Å². The van der Waals surface area contributed by atoms with Crippen LogP contribution in [0.4, 0.5) is 9.18 Å². The zero-order valence-corrected chi connectivity index (χ0v) is 16.6. The first-order chi connectivity index (χ1) is 14.0. The number of carbonyl (C=O) groups is 1. The topological polar surface area (TPSA) is 71.7 Å². The number of benzene rings is 2. The molecule has 3 aromatic rings. The molecule has 0 saturated carbocycles. The maximum Gasteiger partial charge on any atom is 0.314 e. The first-order valence-electron chi connectivity index (χ1n) is 9.64. The maximum atomic E-state index is 14.7. The number of hydrogen-bond acceptors (Lipinski definition) is 5. The molecule has 0 bridgehead atoms. The summed E-state index contributed by atoms with van der Waals surface area (Å²) < 4.78 is 21.5. The average molecular weight is 412 g/mol. The Balaban J connectivity index is 1.23. The van der Waals surface area contributed by atoms with Crippen LogP contribution in [0.2, 0.25) is 0 Å². The van der Waals surface area contributed by atoms with Crippen molar-refractivity contribution in [2.45, 2.75) is 6.54 Å². The molecular weight excluding hydrogens is 391 g/mol. The number of fused-ring (bicyclic) bond motifs is 2. The molecule has 2 unspecified atom stereocenters. The molecule has 6 nitrogen and oxygen atoms in total. The molecule has 8 heteroatoms. The van der Waals surface area contributed by atoms with Crippen molar-refractivity contribution in [2.75, 3.05) is 26.2 Å². The van der Waals surface area contributed by atoms with Crippen LogP contribution in [0.25, 0.3) is 10.2 Å². The minimum atomic E-state index is -0.347. The van der Waals surface area contributed by atoms with Crippen LogP contribution in [0.5, 0.6) is 10.9 Å². The van der Waals surface area contributed by atoms with Gasteiger partial charge in [-0.05, 0) is 30.0 Å². The molecule has 2 N–H and O–H groups in total. The maximum absolute atomic E-state index is 14.7. The Bertz CT molecular complexity index is 1020. The van der Waals surface area contributed by atoms with Crippen LogP contribution in [0.1, 0.15) is 5.56 Å². The van der Waals surface area contributed by atoms with E-state index < -0.39 is 0 Å². The number of aromatic nitrogens is 1. The summed E-state index contributed by atoms with van der Waals surface area (Å²) in [5.74, 6) is 1.01. The van der Waals surface area contributed by atoms with Crippen LogP contribution in [-0.4, -0.2) is 47.0 Å². The summed E-state index contributed by atoms with van der Waals surface area (Å²) in [6.07, 6.45) is 0. The van der Waals surface area contributed by atoms with E-state index in [1.165, 1.54) is 17.4 Å². The molecule has 0 aliphatic carbocycles. The standard InChI is InChI=1S/C21H21FN4O2S/c22-17-7-16(28-21-24-18-3-1-2-4-19(18)29-21)6-5-13(17)8-25-9-14-11-26(20(23)27)12-15(14)10-25/h1-7,14-15H,8-12H2,(H2,23,27). The number of amides is 2. The van der Waals surface area contributed by atoms with Gasteiger partial charge in [-0.1, -0.05) is 29.5 Å². The van der Waals surface area contributed by atoms with E-state index in [1.807, 2.05) is 24.3 Å². The largest absolute Gasteiger partial charge is 0.431 e. The lowest BCUT2D eigenvalue weighted by Gasteiger charge is -2.20. The summed E-state index contributed by atoms with van der Waals surface area (Å²) in [4.78, 5) is 19.7. The van der Waals surface area contributed by atoms with Crippen LogP contribution < -0.4 is 10.5 Å². The fourth-order valence-corrected chi connectivity index (χ4v) is 5.19. The van der Waals surface area contributed by atoms with E-state index in [9.17, 15) is 9.18 Å². The van der Waals surface area contributed by atoms with E-state index in [1.54, 1.807) is 17.0 Å². The smallest absolute Gasteiger partial charge is 0.314 e. The number of rotatable bonds is 4. The number of urea groups is 1. The minimum absolute atomic E-state index is 0.278. The van der Waals surface area contributed by atoms with Gasteiger partial charge in [0.15, 0.2) is 0 Å². The number of carbonyl (C=O) groups excluding carboxylic acids is 1. The fourth-order valence-electron chi connectivity index (χ4n) is 4.36. The Labute approximate surface area is 171 Å². The third-order valence-corrected chi connectivity index (χ3v) is 6.69. The number of primary amides is 1. The molecule has 2 fully saturated rings. The van der Waals surface area contributed by atoms with Crippen LogP contribution in [0.15, 0.2) is 42.5 Å². The SMILES string of the molecule is NC(=O)N1CC2CN(Cc3ccc(Oc4nc5ccccc5s4)cc3F)CC2C1. The second-order valence-electron chi connectivity index (χ2n) is 7.76. The van der Waals surface area contributed by atoms with Gasteiger partial charge in [-0.15, -0.1) is 0 Å². The van der Waals surface area contributed by atoms with Gasteiger partial charge in [0.2, 0.25) is 0 Å². The van der Waals surface area contributed by atoms with Crippen molar-refractivity contribution >= 4 is 27.6 Å². The van der Waals surface area contributed by atoms with E-state index in [4.69, 9.17) is 10.5 Å². The van der Waals surface area contributed by atoms with Crippen LogP contribution >= 0.6 is 11.3 Å². The molecule has 150 valence electrons. The predicted molar refractivity (Wildman–Crippen MR) is 110 cm³/mol. The summed E-state index contributed by atoms with van der Waals surface area (Å²) in [6, 6.07) is 12.4. The summed E-state index contributed by atoms with van der Waals surface area (Å²) in [7, 11) is 0. The predicted octanol–water partition coefficient (Wildman–Crippen LogP) is 3.67. The molecule has 2 aliphatic rings. The first-order valence-corrected chi connectivity index (χ1v) is 10.5. The lowest BCUT2D eigenvalue weighted by atomic mass is 10.0. The molecule has 2 amide bonds. The molecule has 0 radical (unpaired) electrons. The third-order valence-electron chi connectivity index (χ3n) is 5.77. The van der Waals surface area contributed by atoms with E-state index in [-0.39, 0.29) is 11.8 Å². The summed E-state index contributed by atoms with van der Waals surface area (Å²) >= 11 is 1.44. The third kappa shape index (κ3) is 3.65. The number of thiazole rings is 1. The van der Waals surface area contributed by atoms with Crippen molar-refractivity contribution < 1.29 is 13.9 Å². The van der Waals surface area contributed by atoms with E-state index >= 15 is 0 Å². The lowest BCUT2D eigenvalue weighted by molar-refractivity contribution is 0.208. The zero-order chi connectivity index (χ0) is 20.0. The minimum Gasteiger partial charge on any atom is -0.431 e. The highest BCUT2D eigenvalue weighted by Gasteiger charge is 2.41. The highest BCUT2D eigenvalue weighted by Crippen LogP contribution is 2.34. The molecule has 29 heavy (non-hydrogen) atoms.